The van der Waals surface area contributed by atoms with Crippen LogP contribution in [0.3, 0.4) is 0 Å². The highest BCUT2D eigenvalue weighted by Gasteiger charge is 2.56. The first kappa shape index (κ1) is 11.6. The Morgan fingerprint density at radius 3 is 2.31 bits per heavy atom. The molecule has 0 aromatic carbocycles. The molecule has 16 heavy (non-hydrogen) atoms. The van der Waals surface area contributed by atoms with Gasteiger partial charge in [0.1, 0.15) is 0 Å². The molecule has 90 valence electrons. The van der Waals surface area contributed by atoms with Gasteiger partial charge in [0.05, 0.1) is 11.0 Å². The molecule has 4 nitrogen and oxygen atoms in total. The SMILES string of the molecule is CC1(C)CC(=O)N(C(C)(CN)C2CC2)C1=O. The number of carbonyl (C=O) groups is 2. The molecule has 1 aliphatic carbocycles. The number of likely N-dealkylation sites (tertiary alicyclic amines) is 1. The van der Waals surface area contributed by atoms with E-state index in [1.165, 1.54) is 4.90 Å². The quantitative estimate of drug-likeness (QED) is 0.724. The van der Waals surface area contributed by atoms with Gasteiger partial charge in [-0.15, -0.1) is 0 Å². The van der Waals surface area contributed by atoms with Crippen molar-refractivity contribution in [2.75, 3.05) is 6.54 Å². The highest BCUT2D eigenvalue weighted by Crippen LogP contribution is 2.46. The van der Waals surface area contributed by atoms with Crippen LogP contribution in [0.25, 0.3) is 0 Å². The first-order valence-corrected chi connectivity index (χ1v) is 5.90. The number of hydrogen-bond acceptors (Lipinski definition) is 3. The number of carbonyl (C=O) groups excluding carboxylic acids is 2. The maximum absolute atomic E-state index is 12.2. The molecule has 2 aliphatic rings. The molecular formula is C12H20N2O2. The Bertz CT molecular complexity index is 347. The van der Waals surface area contributed by atoms with E-state index in [1.54, 1.807) is 0 Å². The van der Waals surface area contributed by atoms with Gasteiger partial charge in [0.2, 0.25) is 11.8 Å². The minimum atomic E-state index is -0.553. The summed E-state index contributed by atoms with van der Waals surface area (Å²) in [5.74, 6) is 0.284. The maximum atomic E-state index is 12.2. The van der Waals surface area contributed by atoms with Crippen LogP contribution in [-0.4, -0.2) is 28.8 Å². The van der Waals surface area contributed by atoms with Gasteiger partial charge in [-0.25, -0.2) is 0 Å². The zero-order chi connectivity index (χ0) is 12.1. The number of rotatable bonds is 3. The summed E-state index contributed by atoms with van der Waals surface area (Å²) >= 11 is 0. The Morgan fingerprint density at radius 1 is 1.44 bits per heavy atom. The van der Waals surface area contributed by atoms with Crippen LogP contribution in [0.4, 0.5) is 0 Å². The highest BCUT2D eigenvalue weighted by molar-refractivity contribution is 6.06. The van der Waals surface area contributed by atoms with E-state index in [2.05, 4.69) is 0 Å². The fourth-order valence-electron chi connectivity index (χ4n) is 2.61. The Labute approximate surface area is 96.2 Å². The summed E-state index contributed by atoms with van der Waals surface area (Å²) in [6, 6.07) is 0. The van der Waals surface area contributed by atoms with Crippen molar-refractivity contribution in [3.63, 3.8) is 0 Å². The lowest BCUT2D eigenvalue weighted by Crippen LogP contribution is -2.56. The molecule has 1 atom stereocenters. The van der Waals surface area contributed by atoms with Crippen molar-refractivity contribution in [2.24, 2.45) is 17.1 Å². The fraction of sp³-hybridized carbons (Fsp3) is 0.833. The van der Waals surface area contributed by atoms with E-state index >= 15 is 0 Å². The number of nitrogens with zero attached hydrogens (tertiary/aromatic N) is 1. The highest BCUT2D eigenvalue weighted by atomic mass is 16.2. The normalized spacial score (nSPS) is 28.4. The summed E-state index contributed by atoms with van der Waals surface area (Å²) in [6.07, 6.45) is 2.46. The molecule has 2 rings (SSSR count). The van der Waals surface area contributed by atoms with Crippen molar-refractivity contribution in [1.82, 2.24) is 4.90 Å². The second-order valence-corrected chi connectivity index (χ2v) is 5.93. The Morgan fingerprint density at radius 2 is 2.00 bits per heavy atom. The lowest BCUT2D eigenvalue weighted by molar-refractivity contribution is -0.148. The monoisotopic (exact) mass is 224 g/mol. The fourth-order valence-corrected chi connectivity index (χ4v) is 2.61. The zero-order valence-electron chi connectivity index (χ0n) is 10.2. The standard InChI is InChI=1S/C12H20N2O2/c1-11(2)6-9(15)14(10(11)16)12(3,7-13)8-4-5-8/h8H,4-7,13H2,1-3H3. The molecule has 0 radical (unpaired) electrons. The molecule has 1 saturated heterocycles. The van der Waals surface area contributed by atoms with Crippen molar-refractivity contribution >= 4 is 11.8 Å². The van der Waals surface area contributed by atoms with Gasteiger partial charge in [0, 0.05) is 13.0 Å². The molecule has 2 amide bonds. The second kappa shape index (κ2) is 3.29. The molecule has 1 unspecified atom stereocenters. The summed E-state index contributed by atoms with van der Waals surface area (Å²) < 4.78 is 0. The van der Waals surface area contributed by atoms with Gasteiger partial charge >= 0.3 is 0 Å². The average Bonchev–Trinajstić information content (AvgIpc) is 2.96. The molecule has 1 saturated carbocycles. The van der Waals surface area contributed by atoms with Crippen molar-refractivity contribution in [3.8, 4) is 0 Å². The Balaban J connectivity index is 2.33. The predicted octanol–water partition coefficient (Wildman–Crippen LogP) is 0.899. The van der Waals surface area contributed by atoms with Crippen LogP contribution in [0, 0.1) is 11.3 Å². The Kier molecular flexibility index (Phi) is 2.38. The minimum absolute atomic E-state index is 0.0580. The number of imide groups is 1. The van der Waals surface area contributed by atoms with Gasteiger partial charge in [0.15, 0.2) is 0 Å². The zero-order valence-corrected chi connectivity index (χ0v) is 10.2. The van der Waals surface area contributed by atoms with Crippen molar-refractivity contribution in [2.45, 2.75) is 45.6 Å². The average molecular weight is 224 g/mol. The van der Waals surface area contributed by atoms with E-state index in [-0.39, 0.29) is 11.8 Å². The van der Waals surface area contributed by atoms with Crippen LogP contribution in [0.1, 0.15) is 40.0 Å². The van der Waals surface area contributed by atoms with E-state index in [0.717, 1.165) is 12.8 Å². The smallest absolute Gasteiger partial charge is 0.235 e. The molecule has 0 spiro atoms. The van der Waals surface area contributed by atoms with E-state index in [0.29, 0.717) is 18.9 Å². The van der Waals surface area contributed by atoms with E-state index < -0.39 is 11.0 Å². The van der Waals surface area contributed by atoms with Crippen LogP contribution in [0.2, 0.25) is 0 Å². The van der Waals surface area contributed by atoms with Crippen LogP contribution in [0.15, 0.2) is 0 Å². The van der Waals surface area contributed by atoms with Crippen LogP contribution in [0.5, 0.6) is 0 Å². The topological polar surface area (TPSA) is 63.4 Å². The first-order valence-electron chi connectivity index (χ1n) is 5.90. The molecule has 1 heterocycles. The third-order valence-corrected chi connectivity index (χ3v) is 4.01. The van der Waals surface area contributed by atoms with Crippen molar-refractivity contribution in [1.29, 1.82) is 0 Å². The summed E-state index contributed by atoms with van der Waals surface area (Å²) in [4.78, 5) is 25.7. The van der Waals surface area contributed by atoms with Gasteiger partial charge in [-0.2, -0.15) is 0 Å². The van der Waals surface area contributed by atoms with Crippen molar-refractivity contribution in [3.05, 3.63) is 0 Å². The molecule has 4 heteroatoms. The van der Waals surface area contributed by atoms with Crippen molar-refractivity contribution < 1.29 is 9.59 Å². The Hall–Kier alpha value is -0.900. The van der Waals surface area contributed by atoms with Crippen LogP contribution >= 0.6 is 0 Å². The van der Waals surface area contributed by atoms with Gasteiger partial charge in [-0.3, -0.25) is 14.5 Å². The molecule has 0 aromatic rings. The van der Waals surface area contributed by atoms with Gasteiger partial charge < -0.3 is 5.73 Å². The third kappa shape index (κ3) is 1.47. The largest absolute Gasteiger partial charge is 0.328 e. The van der Waals surface area contributed by atoms with E-state index in [4.69, 9.17) is 5.73 Å². The maximum Gasteiger partial charge on any atom is 0.235 e. The summed E-state index contributed by atoms with van der Waals surface area (Å²) in [5, 5.41) is 0. The van der Waals surface area contributed by atoms with Crippen LogP contribution < -0.4 is 5.73 Å². The molecule has 1 aliphatic heterocycles. The minimum Gasteiger partial charge on any atom is -0.328 e. The summed E-state index contributed by atoms with van der Waals surface area (Å²) in [7, 11) is 0. The van der Waals surface area contributed by atoms with Crippen LogP contribution in [-0.2, 0) is 9.59 Å². The predicted molar refractivity (Wildman–Crippen MR) is 60.4 cm³/mol. The number of hydrogen-bond donors (Lipinski definition) is 1. The van der Waals surface area contributed by atoms with E-state index in [9.17, 15) is 9.59 Å². The molecule has 2 fully saturated rings. The molecule has 0 bridgehead atoms. The van der Waals surface area contributed by atoms with E-state index in [1.807, 2.05) is 20.8 Å². The van der Waals surface area contributed by atoms with Gasteiger partial charge in [0.25, 0.3) is 0 Å². The summed E-state index contributed by atoms with van der Waals surface area (Å²) in [5.41, 5.74) is 4.79. The number of nitrogens with two attached hydrogens (primary N) is 1. The lowest BCUT2D eigenvalue weighted by atomic mass is 9.90. The number of amides is 2. The summed E-state index contributed by atoms with van der Waals surface area (Å²) in [6.45, 7) is 5.97. The molecule has 2 N–H and O–H groups in total. The first-order chi connectivity index (χ1) is 7.33. The molecular weight excluding hydrogens is 204 g/mol. The lowest BCUT2D eigenvalue weighted by Gasteiger charge is -2.37. The third-order valence-electron chi connectivity index (χ3n) is 4.01. The second-order valence-electron chi connectivity index (χ2n) is 5.93. The van der Waals surface area contributed by atoms with Gasteiger partial charge in [-0.05, 0) is 25.7 Å². The van der Waals surface area contributed by atoms with Gasteiger partial charge in [-0.1, -0.05) is 13.8 Å². The molecule has 0 aromatic heterocycles.